The molecule has 0 fully saturated rings. The summed E-state index contributed by atoms with van der Waals surface area (Å²) in [5.74, 6) is -0.485. The van der Waals surface area contributed by atoms with Gasteiger partial charge in [0.05, 0.1) is 21.4 Å². The van der Waals surface area contributed by atoms with Crippen molar-refractivity contribution in [1.82, 2.24) is 9.62 Å². The van der Waals surface area contributed by atoms with Gasteiger partial charge >= 0.3 is 0 Å². The van der Waals surface area contributed by atoms with Crippen LogP contribution in [0.3, 0.4) is 0 Å². The fourth-order valence-electron chi connectivity index (χ4n) is 1.90. The number of carbonyl (C=O) groups excluding carboxylic acids is 1. The SMILES string of the molecule is Cc1c(Cl)cc(S(=O)(=O)N(C)CC(=O)NC(C)(C)C)cc1[N+](=O)[O-]. The number of amides is 1. The molecule has 0 atom stereocenters. The predicted molar refractivity (Wildman–Crippen MR) is 90.6 cm³/mol. The molecule has 0 bridgehead atoms. The molecule has 1 aromatic rings. The van der Waals surface area contributed by atoms with Gasteiger partial charge in [-0.2, -0.15) is 4.31 Å². The van der Waals surface area contributed by atoms with Crippen LogP contribution in [-0.2, 0) is 14.8 Å². The van der Waals surface area contributed by atoms with Crippen LogP contribution in [-0.4, -0.2) is 42.7 Å². The van der Waals surface area contributed by atoms with Crippen molar-refractivity contribution < 1.29 is 18.1 Å². The number of nitrogens with one attached hydrogen (secondary N) is 1. The van der Waals surface area contributed by atoms with E-state index in [0.29, 0.717) is 0 Å². The van der Waals surface area contributed by atoms with E-state index < -0.39 is 38.6 Å². The third-order valence-electron chi connectivity index (χ3n) is 3.08. The van der Waals surface area contributed by atoms with Crippen molar-refractivity contribution in [2.45, 2.75) is 38.1 Å². The predicted octanol–water partition coefficient (Wildman–Crippen LogP) is 2.09. The summed E-state index contributed by atoms with van der Waals surface area (Å²) in [4.78, 5) is 21.9. The van der Waals surface area contributed by atoms with Crippen LogP contribution in [0.15, 0.2) is 17.0 Å². The molecule has 1 amide bonds. The number of hydrogen-bond donors (Lipinski definition) is 1. The maximum atomic E-state index is 12.5. The number of nitro groups is 1. The molecule has 10 heteroatoms. The molecule has 0 spiro atoms. The van der Waals surface area contributed by atoms with Gasteiger partial charge in [0, 0.05) is 24.2 Å². The zero-order valence-corrected chi connectivity index (χ0v) is 15.7. The van der Waals surface area contributed by atoms with E-state index in [9.17, 15) is 23.3 Å². The molecule has 0 heterocycles. The van der Waals surface area contributed by atoms with E-state index in [-0.39, 0.29) is 15.5 Å². The summed E-state index contributed by atoms with van der Waals surface area (Å²) in [5.41, 5.74) is -0.726. The first-order chi connectivity index (χ1) is 10.8. The van der Waals surface area contributed by atoms with Crippen molar-refractivity contribution in [2.24, 2.45) is 0 Å². The van der Waals surface area contributed by atoms with Gasteiger partial charge in [-0.1, -0.05) is 11.6 Å². The van der Waals surface area contributed by atoms with Gasteiger partial charge in [-0.25, -0.2) is 8.42 Å². The number of carbonyl (C=O) groups is 1. The molecule has 0 aliphatic heterocycles. The Morgan fingerprint density at radius 1 is 1.38 bits per heavy atom. The van der Waals surface area contributed by atoms with E-state index in [0.717, 1.165) is 16.4 Å². The van der Waals surface area contributed by atoms with Crippen LogP contribution >= 0.6 is 11.6 Å². The largest absolute Gasteiger partial charge is 0.350 e. The monoisotopic (exact) mass is 377 g/mol. The molecule has 1 aromatic carbocycles. The second-order valence-electron chi connectivity index (χ2n) is 6.37. The molecule has 0 radical (unpaired) electrons. The highest BCUT2D eigenvalue weighted by molar-refractivity contribution is 7.89. The van der Waals surface area contributed by atoms with Gasteiger partial charge in [-0.3, -0.25) is 14.9 Å². The minimum atomic E-state index is -4.10. The number of sulfonamides is 1. The Kier molecular flexibility index (Phi) is 5.96. The highest BCUT2D eigenvalue weighted by Crippen LogP contribution is 2.30. The molecule has 0 unspecified atom stereocenters. The summed E-state index contributed by atoms with van der Waals surface area (Å²) in [7, 11) is -2.88. The maximum absolute atomic E-state index is 12.5. The van der Waals surface area contributed by atoms with Crippen LogP contribution in [0.2, 0.25) is 5.02 Å². The first-order valence-corrected chi connectivity index (χ1v) is 8.79. The van der Waals surface area contributed by atoms with Crippen molar-refractivity contribution in [1.29, 1.82) is 0 Å². The average molecular weight is 378 g/mol. The standard InChI is InChI=1S/C14H20ClN3O5S/c1-9-11(15)6-10(7-12(9)18(20)21)24(22,23)17(5)8-13(19)16-14(2,3)4/h6-7H,8H2,1-5H3,(H,16,19). The summed E-state index contributed by atoms with van der Waals surface area (Å²) in [5, 5.41) is 13.6. The Hall–Kier alpha value is -1.71. The van der Waals surface area contributed by atoms with Crippen molar-refractivity contribution in [3.63, 3.8) is 0 Å². The highest BCUT2D eigenvalue weighted by atomic mass is 35.5. The minimum absolute atomic E-state index is 0.0321. The zero-order valence-electron chi connectivity index (χ0n) is 14.1. The van der Waals surface area contributed by atoms with Crippen LogP contribution in [0.4, 0.5) is 5.69 Å². The molecule has 8 nitrogen and oxygen atoms in total. The number of hydrogen-bond acceptors (Lipinski definition) is 5. The number of benzene rings is 1. The molecular formula is C14H20ClN3O5S. The van der Waals surface area contributed by atoms with Crippen LogP contribution in [0.1, 0.15) is 26.3 Å². The Morgan fingerprint density at radius 3 is 2.38 bits per heavy atom. The topological polar surface area (TPSA) is 110 Å². The second-order valence-corrected chi connectivity index (χ2v) is 8.82. The molecule has 0 aliphatic carbocycles. The number of likely N-dealkylation sites (N-methyl/N-ethyl adjacent to an activating group) is 1. The lowest BCUT2D eigenvalue weighted by Crippen LogP contribution is -2.46. The summed E-state index contributed by atoms with van der Waals surface area (Å²) < 4.78 is 25.9. The molecule has 0 saturated heterocycles. The van der Waals surface area contributed by atoms with Gasteiger partial charge < -0.3 is 5.32 Å². The third kappa shape index (κ3) is 4.89. The molecule has 134 valence electrons. The normalized spacial score (nSPS) is 12.3. The summed E-state index contributed by atoms with van der Waals surface area (Å²) in [6.07, 6.45) is 0. The number of nitrogens with zero attached hydrogens (tertiary/aromatic N) is 2. The van der Waals surface area contributed by atoms with Gasteiger partial charge in [0.25, 0.3) is 5.69 Å². The number of halogens is 1. The summed E-state index contributed by atoms with van der Waals surface area (Å²) in [6, 6.07) is 2.08. The third-order valence-corrected chi connectivity index (χ3v) is 5.25. The summed E-state index contributed by atoms with van der Waals surface area (Å²) >= 11 is 5.90. The Morgan fingerprint density at radius 2 is 1.92 bits per heavy atom. The number of nitro benzene ring substituents is 1. The lowest BCUT2D eigenvalue weighted by molar-refractivity contribution is -0.385. The van der Waals surface area contributed by atoms with E-state index >= 15 is 0 Å². The fourth-order valence-corrected chi connectivity index (χ4v) is 3.36. The maximum Gasteiger partial charge on any atom is 0.275 e. The van der Waals surface area contributed by atoms with E-state index in [1.54, 1.807) is 20.8 Å². The first kappa shape index (κ1) is 20.3. The second kappa shape index (κ2) is 7.04. The van der Waals surface area contributed by atoms with Crippen LogP contribution < -0.4 is 5.32 Å². The molecule has 1 rings (SSSR count). The highest BCUT2D eigenvalue weighted by Gasteiger charge is 2.28. The van der Waals surface area contributed by atoms with Gasteiger partial charge in [0.1, 0.15) is 0 Å². The van der Waals surface area contributed by atoms with Crippen molar-refractivity contribution >= 4 is 33.2 Å². The quantitative estimate of drug-likeness (QED) is 0.624. The molecule has 0 aromatic heterocycles. The Labute approximate surface area is 146 Å². The minimum Gasteiger partial charge on any atom is -0.350 e. The van der Waals surface area contributed by atoms with Gasteiger partial charge in [-0.05, 0) is 33.8 Å². The van der Waals surface area contributed by atoms with E-state index in [1.807, 2.05) is 0 Å². The lowest BCUT2D eigenvalue weighted by Gasteiger charge is -2.23. The summed E-state index contributed by atoms with van der Waals surface area (Å²) in [6.45, 7) is 6.31. The van der Waals surface area contributed by atoms with Gasteiger partial charge in [0.2, 0.25) is 15.9 Å². The number of rotatable bonds is 5. The fraction of sp³-hybridized carbons (Fsp3) is 0.500. The van der Waals surface area contributed by atoms with Crippen LogP contribution in [0.25, 0.3) is 0 Å². The molecule has 1 N–H and O–H groups in total. The molecule has 24 heavy (non-hydrogen) atoms. The first-order valence-electron chi connectivity index (χ1n) is 6.97. The molecule has 0 aliphatic rings. The Bertz CT molecular complexity index is 771. The zero-order chi connectivity index (χ0) is 18.9. The Balaban J connectivity index is 3.16. The van der Waals surface area contributed by atoms with E-state index in [1.165, 1.54) is 14.0 Å². The van der Waals surface area contributed by atoms with Crippen molar-refractivity contribution in [3.05, 3.63) is 32.8 Å². The van der Waals surface area contributed by atoms with Crippen LogP contribution in [0, 0.1) is 17.0 Å². The lowest BCUT2D eigenvalue weighted by atomic mass is 10.1. The van der Waals surface area contributed by atoms with Gasteiger partial charge in [-0.15, -0.1) is 0 Å². The molecule has 0 saturated carbocycles. The molecular weight excluding hydrogens is 358 g/mol. The average Bonchev–Trinajstić information content (AvgIpc) is 2.38. The smallest absolute Gasteiger partial charge is 0.275 e. The van der Waals surface area contributed by atoms with Crippen molar-refractivity contribution in [3.8, 4) is 0 Å². The van der Waals surface area contributed by atoms with E-state index in [2.05, 4.69) is 5.32 Å². The van der Waals surface area contributed by atoms with Gasteiger partial charge in [0.15, 0.2) is 0 Å². The van der Waals surface area contributed by atoms with Crippen molar-refractivity contribution in [2.75, 3.05) is 13.6 Å². The van der Waals surface area contributed by atoms with E-state index in [4.69, 9.17) is 11.6 Å². The van der Waals surface area contributed by atoms with Crippen LogP contribution in [0.5, 0.6) is 0 Å².